The molecular weight excluding hydrogens is 324 g/mol. The van der Waals surface area contributed by atoms with Crippen molar-refractivity contribution in [2.75, 3.05) is 5.32 Å². The highest BCUT2D eigenvalue weighted by atomic mass is 35.5. The third kappa shape index (κ3) is 3.52. The Hall–Kier alpha value is -2.92. The molecule has 6 heteroatoms. The molecule has 1 aromatic heterocycles. The summed E-state index contributed by atoms with van der Waals surface area (Å²) in [6, 6.07) is 14.3. The van der Waals surface area contributed by atoms with Crippen LogP contribution in [0.5, 0.6) is 0 Å². The molecule has 0 saturated carbocycles. The van der Waals surface area contributed by atoms with Crippen molar-refractivity contribution in [1.29, 1.82) is 0 Å². The van der Waals surface area contributed by atoms with Gasteiger partial charge < -0.3 is 11.1 Å². The van der Waals surface area contributed by atoms with E-state index in [-0.39, 0.29) is 0 Å². The Balaban J connectivity index is 1.88. The summed E-state index contributed by atoms with van der Waals surface area (Å²) >= 11 is 5.93. The van der Waals surface area contributed by atoms with Gasteiger partial charge in [0.15, 0.2) is 0 Å². The first-order valence-electron chi connectivity index (χ1n) is 7.29. The van der Waals surface area contributed by atoms with Crippen LogP contribution in [0.4, 0.5) is 11.6 Å². The molecule has 0 aliphatic heterocycles. The lowest BCUT2D eigenvalue weighted by atomic mass is 10.1. The first kappa shape index (κ1) is 16.0. The van der Waals surface area contributed by atoms with Crippen molar-refractivity contribution < 1.29 is 4.79 Å². The molecular formula is C18H15ClN4O. The van der Waals surface area contributed by atoms with Crippen LogP contribution < -0.4 is 11.1 Å². The van der Waals surface area contributed by atoms with E-state index >= 15 is 0 Å². The van der Waals surface area contributed by atoms with Crippen LogP contribution in [0.15, 0.2) is 54.7 Å². The maximum atomic E-state index is 11.1. The Labute approximate surface area is 144 Å². The number of hydrogen-bond donors (Lipinski definition) is 2. The van der Waals surface area contributed by atoms with Crippen molar-refractivity contribution >= 4 is 29.1 Å². The lowest BCUT2D eigenvalue weighted by Crippen LogP contribution is -2.10. The van der Waals surface area contributed by atoms with Gasteiger partial charge in [0, 0.05) is 28.0 Å². The smallest absolute Gasteiger partial charge is 0.248 e. The number of carbonyl (C=O) groups excluding carboxylic acids is 1. The molecule has 1 amide bonds. The summed E-state index contributed by atoms with van der Waals surface area (Å²) in [5.74, 6) is 0.00976. The fourth-order valence-electron chi connectivity index (χ4n) is 2.25. The highest BCUT2D eigenvalue weighted by Crippen LogP contribution is 2.24. The molecule has 3 N–H and O–H groups in total. The van der Waals surface area contributed by atoms with Gasteiger partial charge in [-0.15, -0.1) is 0 Å². The quantitative estimate of drug-likeness (QED) is 0.754. The average Bonchev–Trinajstić information content (AvgIpc) is 2.58. The second kappa shape index (κ2) is 6.68. The zero-order valence-corrected chi connectivity index (χ0v) is 13.7. The van der Waals surface area contributed by atoms with E-state index in [1.165, 1.54) is 0 Å². The van der Waals surface area contributed by atoms with Crippen LogP contribution in [-0.2, 0) is 0 Å². The number of aryl methyl sites for hydroxylation is 1. The number of amides is 1. The number of aromatic nitrogens is 2. The van der Waals surface area contributed by atoms with E-state index in [4.69, 9.17) is 17.3 Å². The van der Waals surface area contributed by atoms with Crippen LogP contribution in [0.3, 0.4) is 0 Å². The Bertz CT molecular complexity index is 877. The van der Waals surface area contributed by atoms with Crippen molar-refractivity contribution in [3.63, 3.8) is 0 Å². The highest BCUT2D eigenvalue weighted by molar-refractivity contribution is 6.30. The molecule has 3 aromatic rings. The average molecular weight is 339 g/mol. The van der Waals surface area contributed by atoms with Gasteiger partial charge in [-0.2, -0.15) is 0 Å². The van der Waals surface area contributed by atoms with Gasteiger partial charge in [-0.3, -0.25) is 4.79 Å². The summed E-state index contributed by atoms with van der Waals surface area (Å²) in [7, 11) is 0. The maximum absolute atomic E-state index is 11.1. The van der Waals surface area contributed by atoms with E-state index in [1.54, 1.807) is 30.5 Å². The molecule has 0 saturated heterocycles. The molecule has 0 radical (unpaired) electrons. The monoisotopic (exact) mass is 338 g/mol. The topological polar surface area (TPSA) is 80.9 Å². The maximum Gasteiger partial charge on any atom is 0.248 e. The van der Waals surface area contributed by atoms with Gasteiger partial charge in [0.1, 0.15) is 0 Å². The van der Waals surface area contributed by atoms with Crippen molar-refractivity contribution in [2.45, 2.75) is 6.92 Å². The van der Waals surface area contributed by atoms with Crippen LogP contribution in [-0.4, -0.2) is 15.9 Å². The third-order valence-electron chi connectivity index (χ3n) is 3.51. The number of hydrogen-bond acceptors (Lipinski definition) is 4. The van der Waals surface area contributed by atoms with E-state index in [1.807, 2.05) is 31.2 Å². The normalized spacial score (nSPS) is 10.4. The van der Waals surface area contributed by atoms with Gasteiger partial charge in [0.05, 0.1) is 5.69 Å². The highest BCUT2D eigenvalue weighted by Gasteiger charge is 2.07. The van der Waals surface area contributed by atoms with Gasteiger partial charge in [-0.1, -0.05) is 23.7 Å². The second-order valence-electron chi connectivity index (χ2n) is 5.30. The minimum atomic E-state index is -0.460. The molecule has 0 aliphatic rings. The number of primary amides is 1. The molecule has 1 heterocycles. The second-order valence-corrected chi connectivity index (χ2v) is 5.74. The largest absolute Gasteiger partial charge is 0.366 e. The van der Waals surface area contributed by atoms with Gasteiger partial charge in [0.25, 0.3) is 0 Å². The molecule has 0 spiro atoms. The standard InChI is InChI=1S/C18H15ClN4O/c1-11-10-21-18(22-15-8-4-13(5-9-15)17(20)24)23-16(11)12-2-6-14(19)7-3-12/h2-10H,1H3,(H2,20,24)(H,21,22,23). The molecule has 5 nitrogen and oxygen atoms in total. The number of rotatable bonds is 4. The Morgan fingerprint density at radius 1 is 1.08 bits per heavy atom. The zero-order chi connectivity index (χ0) is 17.1. The van der Waals surface area contributed by atoms with Crippen molar-refractivity contribution in [3.8, 4) is 11.3 Å². The van der Waals surface area contributed by atoms with Gasteiger partial charge in [-0.05, 0) is 48.9 Å². The van der Waals surface area contributed by atoms with Gasteiger partial charge in [-0.25, -0.2) is 9.97 Å². The third-order valence-corrected chi connectivity index (χ3v) is 3.77. The molecule has 120 valence electrons. The van der Waals surface area contributed by atoms with Crippen LogP contribution in [0, 0.1) is 6.92 Å². The number of halogens is 1. The number of nitrogens with one attached hydrogen (secondary N) is 1. The lowest BCUT2D eigenvalue weighted by molar-refractivity contribution is 0.100. The summed E-state index contributed by atoms with van der Waals surface area (Å²) in [5, 5.41) is 3.80. The Morgan fingerprint density at radius 3 is 2.38 bits per heavy atom. The molecule has 0 atom stereocenters. The lowest BCUT2D eigenvalue weighted by Gasteiger charge is -2.09. The van der Waals surface area contributed by atoms with E-state index < -0.39 is 5.91 Å². The van der Waals surface area contributed by atoms with Crippen molar-refractivity contribution in [3.05, 3.63) is 70.9 Å². The SMILES string of the molecule is Cc1cnc(Nc2ccc(C(N)=O)cc2)nc1-c1ccc(Cl)cc1. The fraction of sp³-hybridized carbons (Fsp3) is 0.0556. The molecule has 24 heavy (non-hydrogen) atoms. The predicted molar refractivity (Wildman–Crippen MR) is 95.5 cm³/mol. The number of nitrogens with two attached hydrogens (primary N) is 1. The first-order chi connectivity index (χ1) is 11.5. The molecule has 0 bridgehead atoms. The molecule has 0 aliphatic carbocycles. The minimum absolute atomic E-state index is 0.451. The van der Waals surface area contributed by atoms with E-state index in [0.29, 0.717) is 16.5 Å². The van der Waals surface area contributed by atoms with E-state index in [2.05, 4.69) is 15.3 Å². The first-order valence-corrected chi connectivity index (χ1v) is 7.67. The number of benzene rings is 2. The van der Waals surface area contributed by atoms with Crippen molar-refractivity contribution in [2.24, 2.45) is 5.73 Å². The molecule has 3 rings (SSSR count). The molecule has 0 fully saturated rings. The van der Waals surface area contributed by atoms with E-state index in [9.17, 15) is 4.79 Å². The van der Waals surface area contributed by atoms with Crippen LogP contribution in [0.1, 0.15) is 15.9 Å². The predicted octanol–water partition coefficient (Wildman–Crippen LogP) is 3.95. The number of nitrogens with zero attached hydrogens (tertiary/aromatic N) is 2. The van der Waals surface area contributed by atoms with Crippen LogP contribution in [0.25, 0.3) is 11.3 Å². The number of anilines is 2. The Morgan fingerprint density at radius 2 is 1.75 bits per heavy atom. The zero-order valence-electron chi connectivity index (χ0n) is 13.0. The molecule has 2 aromatic carbocycles. The van der Waals surface area contributed by atoms with Gasteiger partial charge >= 0.3 is 0 Å². The summed E-state index contributed by atoms with van der Waals surface area (Å²) in [4.78, 5) is 20.0. The number of carbonyl (C=O) groups is 1. The van der Waals surface area contributed by atoms with E-state index in [0.717, 1.165) is 22.5 Å². The molecule has 0 unspecified atom stereocenters. The van der Waals surface area contributed by atoms with Gasteiger partial charge in [0.2, 0.25) is 11.9 Å². The Kier molecular flexibility index (Phi) is 4.44. The van der Waals surface area contributed by atoms with Crippen LogP contribution >= 0.6 is 11.6 Å². The summed E-state index contributed by atoms with van der Waals surface area (Å²) in [6.07, 6.45) is 1.76. The summed E-state index contributed by atoms with van der Waals surface area (Å²) in [6.45, 7) is 1.95. The van der Waals surface area contributed by atoms with Crippen LogP contribution in [0.2, 0.25) is 5.02 Å². The summed E-state index contributed by atoms with van der Waals surface area (Å²) < 4.78 is 0. The van der Waals surface area contributed by atoms with Crippen molar-refractivity contribution in [1.82, 2.24) is 9.97 Å². The minimum Gasteiger partial charge on any atom is -0.366 e. The fourth-order valence-corrected chi connectivity index (χ4v) is 2.38. The summed E-state index contributed by atoms with van der Waals surface area (Å²) in [5.41, 5.74) is 9.22.